The molecule has 2 N–H and O–H groups in total. The first-order valence-electron chi connectivity index (χ1n) is 7.12. The second-order valence-electron chi connectivity index (χ2n) is 5.00. The predicted octanol–water partition coefficient (Wildman–Crippen LogP) is 2.25. The summed E-state index contributed by atoms with van der Waals surface area (Å²) in [5, 5.41) is 11.9. The number of fused-ring (bicyclic) bond motifs is 1. The summed E-state index contributed by atoms with van der Waals surface area (Å²) in [7, 11) is 0. The Balaban J connectivity index is 2.14. The smallest absolute Gasteiger partial charge is 0.318 e. The van der Waals surface area contributed by atoms with E-state index in [4.69, 9.17) is 5.11 Å². The van der Waals surface area contributed by atoms with Crippen LogP contribution < -0.4 is 5.32 Å². The van der Waals surface area contributed by atoms with E-state index in [0.29, 0.717) is 19.5 Å². The van der Waals surface area contributed by atoms with Gasteiger partial charge in [-0.1, -0.05) is 30.3 Å². The summed E-state index contributed by atoms with van der Waals surface area (Å²) in [5.74, 6) is 0. The molecule has 1 atom stereocenters. The predicted molar refractivity (Wildman–Crippen MR) is 79.5 cm³/mol. The van der Waals surface area contributed by atoms with Gasteiger partial charge in [0.25, 0.3) is 0 Å². The number of urea groups is 1. The third-order valence-electron chi connectivity index (χ3n) is 3.69. The van der Waals surface area contributed by atoms with Crippen LogP contribution in [0.5, 0.6) is 0 Å². The second-order valence-corrected chi connectivity index (χ2v) is 5.00. The van der Waals surface area contributed by atoms with Crippen molar-refractivity contribution >= 4 is 6.03 Å². The summed E-state index contributed by atoms with van der Waals surface area (Å²) in [6.45, 7) is 4.74. The molecule has 0 aliphatic heterocycles. The van der Waals surface area contributed by atoms with Crippen LogP contribution in [-0.2, 0) is 6.42 Å². The first kappa shape index (κ1) is 14.6. The standard InChI is InChI=1S/C16H22N2O2/c1-2-10-17-16(20)18(11-5-12-19)15-9-8-13-6-3-4-7-14(13)15/h2-4,6-7,15,19H,1,5,8-12H2,(H,17,20). The van der Waals surface area contributed by atoms with E-state index < -0.39 is 0 Å². The summed E-state index contributed by atoms with van der Waals surface area (Å²) < 4.78 is 0. The molecular formula is C16H22N2O2. The van der Waals surface area contributed by atoms with Crippen LogP contribution in [-0.4, -0.2) is 35.7 Å². The van der Waals surface area contributed by atoms with Gasteiger partial charge in [0.1, 0.15) is 0 Å². The zero-order valence-electron chi connectivity index (χ0n) is 11.7. The normalized spacial score (nSPS) is 16.6. The van der Waals surface area contributed by atoms with E-state index in [-0.39, 0.29) is 18.7 Å². The van der Waals surface area contributed by atoms with E-state index in [0.717, 1.165) is 12.8 Å². The number of hydrogen-bond donors (Lipinski definition) is 2. The molecule has 0 aromatic heterocycles. The second kappa shape index (κ2) is 7.10. The zero-order valence-corrected chi connectivity index (χ0v) is 11.7. The molecule has 108 valence electrons. The topological polar surface area (TPSA) is 52.6 Å². The first-order chi connectivity index (χ1) is 9.77. The largest absolute Gasteiger partial charge is 0.396 e. The SMILES string of the molecule is C=CCNC(=O)N(CCCO)C1CCc2ccccc21. The number of amides is 2. The summed E-state index contributed by atoms with van der Waals surface area (Å²) in [6.07, 6.45) is 4.22. The molecule has 2 rings (SSSR count). The maximum atomic E-state index is 12.3. The van der Waals surface area contributed by atoms with E-state index in [1.54, 1.807) is 6.08 Å². The number of aryl methyl sites for hydroxylation is 1. The van der Waals surface area contributed by atoms with Crippen LogP contribution in [0.25, 0.3) is 0 Å². The Morgan fingerprint density at radius 3 is 3.05 bits per heavy atom. The molecular weight excluding hydrogens is 252 g/mol. The highest BCUT2D eigenvalue weighted by Gasteiger charge is 2.30. The molecule has 4 nitrogen and oxygen atoms in total. The van der Waals surface area contributed by atoms with Gasteiger partial charge in [0.15, 0.2) is 0 Å². The van der Waals surface area contributed by atoms with Crippen molar-refractivity contribution in [2.75, 3.05) is 19.7 Å². The minimum absolute atomic E-state index is 0.0833. The molecule has 1 unspecified atom stereocenters. The molecule has 1 aromatic rings. The molecule has 0 fully saturated rings. The Bertz CT molecular complexity index is 473. The van der Waals surface area contributed by atoms with Crippen LogP contribution in [0.1, 0.15) is 30.0 Å². The Morgan fingerprint density at radius 1 is 1.50 bits per heavy atom. The van der Waals surface area contributed by atoms with Gasteiger partial charge in [-0.15, -0.1) is 6.58 Å². The van der Waals surface area contributed by atoms with Crippen LogP contribution in [0.15, 0.2) is 36.9 Å². The first-order valence-corrected chi connectivity index (χ1v) is 7.12. The van der Waals surface area contributed by atoms with Gasteiger partial charge in [-0.3, -0.25) is 0 Å². The summed E-state index contributed by atoms with van der Waals surface area (Å²) in [4.78, 5) is 14.1. The van der Waals surface area contributed by atoms with E-state index in [9.17, 15) is 4.79 Å². The van der Waals surface area contributed by atoms with Gasteiger partial charge in [0, 0.05) is 19.7 Å². The van der Waals surface area contributed by atoms with Gasteiger partial charge in [0.2, 0.25) is 0 Å². The molecule has 4 heteroatoms. The number of aliphatic hydroxyl groups is 1. The number of benzene rings is 1. The average molecular weight is 274 g/mol. The Kier molecular flexibility index (Phi) is 5.18. The fraction of sp³-hybridized carbons (Fsp3) is 0.438. The van der Waals surface area contributed by atoms with Gasteiger partial charge in [0.05, 0.1) is 6.04 Å². The van der Waals surface area contributed by atoms with Crippen LogP contribution >= 0.6 is 0 Å². The summed E-state index contributed by atoms with van der Waals surface area (Å²) >= 11 is 0. The van der Waals surface area contributed by atoms with E-state index in [1.165, 1.54) is 11.1 Å². The zero-order chi connectivity index (χ0) is 14.4. The van der Waals surface area contributed by atoms with Gasteiger partial charge in [-0.2, -0.15) is 0 Å². The fourth-order valence-electron chi connectivity index (χ4n) is 2.76. The average Bonchev–Trinajstić information content (AvgIpc) is 2.89. The van der Waals surface area contributed by atoms with Gasteiger partial charge in [-0.25, -0.2) is 4.79 Å². The highest BCUT2D eigenvalue weighted by Crippen LogP contribution is 2.35. The van der Waals surface area contributed by atoms with E-state index >= 15 is 0 Å². The lowest BCUT2D eigenvalue weighted by Crippen LogP contribution is -2.42. The van der Waals surface area contributed by atoms with Crippen molar-refractivity contribution in [1.29, 1.82) is 0 Å². The Labute approximate surface area is 120 Å². The molecule has 2 amide bonds. The number of nitrogens with zero attached hydrogens (tertiary/aromatic N) is 1. The lowest BCUT2D eigenvalue weighted by atomic mass is 10.1. The molecule has 1 aliphatic carbocycles. The monoisotopic (exact) mass is 274 g/mol. The number of carbonyl (C=O) groups excluding carboxylic acids is 1. The van der Waals surface area contributed by atoms with Crippen molar-refractivity contribution < 1.29 is 9.90 Å². The molecule has 0 saturated heterocycles. The van der Waals surface area contributed by atoms with Crippen molar-refractivity contribution in [1.82, 2.24) is 10.2 Å². The highest BCUT2D eigenvalue weighted by atomic mass is 16.3. The third-order valence-corrected chi connectivity index (χ3v) is 3.69. The maximum absolute atomic E-state index is 12.3. The lowest BCUT2D eigenvalue weighted by Gasteiger charge is -2.29. The summed E-state index contributed by atoms with van der Waals surface area (Å²) in [6, 6.07) is 8.31. The number of aliphatic hydroxyl groups excluding tert-OH is 1. The minimum Gasteiger partial charge on any atom is -0.396 e. The number of rotatable bonds is 6. The maximum Gasteiger partial charge on any atom is 0.318 e. The van der Waals surface area contributed by atoms with Crippen molar-refractivity contribution in [3.8, 4) is 0 Å². The van der Waals surface area contributed by atoms with Gasteiger partial charge >= 0.3 is 6.03 Å². The van der Waals surface area contributed by atoms with Crippen molar-refractivity contribution in [2.45, 2.75) is 25.3 Å². The fourth-order valence-corrected chi connectivity index (χ4v) is 2.76. The molecule has 0 heterocycles. The number of hydrogen-bond acceptors (Lipinski definition) is 2. The number of carbonyl (C=O) groups is 1. The molecule has 0 radical (unpaired) electrons. The Morgan fingerprint density at radius 2 is 2.30 bits per heavy atom. The van der Waals surface area contributed by atoms with Crippen LogP contribution in [0.4, 0.5) is 4.79 Å². The van der Waals surface area contributed by atoms with Crippen molar-refractivity contribution in [3.05, 3.63) is 48.0 Å². The minimum atomic E-state index is -0.0833. The summed E-state index contributed by atoms with van der Waals surface area (Å²) in [5.41, 5.74) is 2.56. The molecule has 0 spiro atoms. The van der Waals surface area contributed by atoms with E-state index in [2.05, 4.69) is 24.0 Å². The molecule has 0 bridgehead atoms. The quantitative estimate of drug-likeness (QED) is 0.782. The van der Waals surface area contributed by atoms with Gasteiger partial charge in [-0.05, 0) is 30.4 Å². The Hall–Kier alpha value is -1.81. The lowest BCUT2D eigenvalue weighted by molar-refractivity contribution is 0.166. The third kappa shape index (κ3) is 3.20. The van der Waals surface area contributed by atoms with E-state index in [1.807, 2.05) is 17.0 Å². The van der Waals surface area contributed by atoms with Crippen LogP contribution in [0, 0.1) is 0 Å². The highest BCUT2D eigenvalue weighted by molar-refractivity contribution is 5.75. The van der Waals surface area contributed by atoms with Crippen molar-refractivity contribution in [2.24, 2.45) is 0 Å². The number of nitrogens with one attached hydrogen (secondary N) is 1. The van der Waals surface area contributed by atoms with Crippen molar-refractivity contribution in [3.63, 3.8) is 0 Å². The molecule has 20 heavy (non-hydrogen) atoms. The molecule has 1 aromatic carbocycles. The van der Waals surface area contributed by atoms with Crippen LogP contribution in [0.3, 0.4) is 0 Å². The molecule has 1 aliphatic rings. The molecule has 0 saturated carbocycles. The van der Waals surface area contributed by atoms with Gasteiger partial charge < -0.3 is 15.3 Å². The van der Waals surface area contributed by atoms with Crippen LogP contribution in [0.2, 0.25) is 0 Å².